The van der Waals surface area contributed by atoms with Gasteiger partial charge in [0.25, 0.3) is 0 Å². The van der Waals surface area contributed by atoms with Crippen LogP contribution in [0.4, 0.5) is 0 Å². The summed E-state index contributed by atoms with van der Waals surface area (Å²) in [5, 5.41) is 1.76. The van der Waals surface area contributed by atoms with Gasteiger partial charge in [0.05, 0.1) is 16.6 Å². The third-order valence-electron chi connectivity index (χ3n) is 3.05. The van der Waals surface area contributed by atoms with Crippen LogP contribution in [-0.4, -0.2) is 10.5 Å². The van der Waals surface area contributed by atoms with Crippen molar-refractivity contribution in [2.45, 2.75) is 0 Å². The maximum absolute atomic E-state index is 12.4. The molecule has 1 heterocycles. The molecule has 0 amide bonds. The zero-order valence-electron chi connectivity index (χ0n) is 11.5. The third-order valence-corrected chi connectivity index (χ3v) is 6.08. The summed E-state index contributed by atoms with van der Waals surface area (Å²) in [5.74, 6) is 0.0521. The maximum atomic E-state index is 12.4. The number of aromatic nitrogens is 1. The van der Waals surface area contributed by atoms with Crippen LogP contribution in [0.3, 0.4) is 0 Å². The first-order valence-electron chi connectivity index (χ1n) is 6.50. The summed E-state index contributed by atoms with van der Waals surface area (Å²) in [6, 6.07) is 15.2. The van der Waals surface area contributed by atoms with Crippen LogP contribution >= 0.6 is 68.7 Å². The molecule has 3 aromatic rings. The Balaban J connectivity index is 2.00. The number of ether oxygens (including phenoxy) is 1. The topological polar surface area (TPSA) is 31.2 Å². The van der Waals surface area contributed by atoms with E-state index in [-0.39, 0.29) is 5.97 Å². The Labute approximate surface area is 169 Å². The number of hydrogen-bond acceptors (Lipinski definition) is 4. The monoisotopic (exact) mass is 565 g/mol. The highest BCUT2D eigenvalue weighted by atomic mass is 127. The second-order valence-electron chi connectivity index (χ2n) is 4.50. The van der Waals surface area contributed by atoms with E-state index in [1.54, 1.807) is 16.0 Å². The Kier molecular flexibility index (Phi) is 5.49. The SMILES string of the molecule is O=C(Oc1csc(=S)n1-c1ccccc1I)c1ccccc1I. The normalized spacial score (nSPS) is 10.5. The molecule has 0 saturated heterocycles. The summed E-state index contributed by atoms with van der Waals surface area (Å²) in [6.45, 7) is 0. The number of carbonyl (C=O) groups is 1. The number of rotatable bonds is 3. The minimum absolute atomic E-state index is 0.387. The maximum Gasteiger partial charge on any atom is 0.345 e. The van der Waals surface area contributed by atoms with Crippen LogP contribution in [-0.2, 0) is 0 Å². The lowest BCUT2D eigenvalue weighted by Crippen LogP contribution is -2.13. The molecule has 116 valence electrons. The van der Waals surface area contributed by atoms with Crippen molar-refractivity contribution in [1.82, 2.24) is 4.57 Å². The van der Waals surface area contributed by atoms with E-state index in [1.807, 2.05) is 42.5 Å². The van der Waals surface area contributed by atoms with E-state index in [0.29, 0.717) is 15.4 Å². The van der Waals surface area contributed by atoms with E-state index in [0.717, 1.165) is 12.8 Å². The van der Waals surface area contributed by atoms with Crippen LogP contribution in [0, 0.1) is 11.1 Å². The summed E-state index contributed by atoms with van der Waals surface area (Å²) in [5.41, 5.74) is 1.45. The smallest absolute Gasteiger partial charge is 0.345 e. The van der Waals surface area contributed by atoms with Crippen molar-refractivity contribution >= 4 is 74.7 Å². The van der Waals surface area contributed by atoms with Crippen molar-refractivity contribution in [3.8, 4) is 11.6 Å². The highest BCUT2D eigenvalue weighted by Gasteiger charge is 2.17. The van der Waals surface area contributed by atoms with Crippen LogP contribution in [0.25, 0.3) is 5.69 Å². The van der Waals surface area contributed by atoms with E-state index in [4.69, 9.17) is 17.0 Å². The molecular formula is C16H9I2NO2S2. The number of para-hydroxylation sites is 1. The fourth-order valence-electron chi connectivity index (χ4n) is 1.99. The van der Waals surface area contributed by atoms with Crippen molar-refractivity contribution in [1.29, 1.82) is 0 Å². The average Bonchev–Trinajstić information content (AvgIpc) is 2.89. The van der Waals surface area contributed by atoms with Crippen LogP contribution in [0.1, 0.15) is 10.4 Å². The predicted molar refractivity (Wildman–Crippen MR) is 111 cm³/mol. The molecule has 0 bridgehead atoms. The molecule has 0 aliphatic rings. The van der Waals surface area contributed by atoms with Crippen molar-refractivity contribution < 1.29 is 9.53 Å². The Hall–Kier alpha value is -0.780. The zero-order valence-corrected chi connectivity index (χ0v) is 17.5. The highest BCUT2D eigenvalue weighted by molar-refractivity contribution is 14.1. The molecule has 0 radical (unpaired) electrons. The number of halogens is 2. The Morgan fingerprint density at radius 3 is 2.39 bits per heavy atom. The van der Waals surface area contributed by atoms with Crippen molar-refractivity contribution in [3.05, 3.63) is 70.6 Å². The molecule has 0 atom stereocenters. The number of hydrogen-bond donors (Lipinski definition) is 0. The number of nitrogens with zero attached hydrogens (tertiary/aromatic N) is 1. The van der Waals surface area contributed by atoms with Gasteiger partial charge in [0.15, 0.2) is 3.95 Å². The predicted octanol–water partition coefficient (Wildman–Crippen LogP) is 5.70. The average molecular weight is 565 g/mol. The molecule has 0 aliphatic heterocycles. The minimum Gasteiger partial charge on any atom is -0.404 e. The molecule has 0 fully saturated rings. The number of carbonyl (C=O) groups excluding carboxylic acids is 1. The molecule has 3 rings (SSSR count). The molecule has 0 N–H and O–H groups in total. The van der Waals surface area contributed by atoms with Gasteiger partial charge >= 0.3 is 5.97 Å². The van der Waals surface area contributed by atoms with E-state index < -0.39 is 0 Å². The van der Waals surface area contributed by atoms with Crippen LogP contribution in [0.5, 0.6) is 5.88 Å². The first kappa shape index (κ1) is 17.1. The number of thiazole rings is 1. The van der Waals surface area contributed by atoms with Gasteiger partial charge in [-0.05, 0) is 81.7 Å². The minimum atomic E-state index is -0.387. The second-order valence-corrected chi connectivity index (χ2v) is 8.32. The van der Waals surface area contributed by atoms with Gasteiger partial charge in [-0.2, -0.15) is 0 Å². The van der Waals surface area contributed by atoms with Gasteiger partial charge in [0, 0.05) is 7.14 Å². The van der Waals surface area contributed by atoms with Crippen LogP contribution < -0.4 is 4.74 Å². The fourth-order valence-corrected chi connectivity index (χ4v) is 4.21. The Bertz CT molecular complexity index is 934. The quantitative estimate of drug-likeness (QED) is 0.232. The lowest BCUT2D eigenvalue weighted by Gasteiger charge is -2.11. The molecule has 0 spiro atoms. The van der Waals surface area contributed by atoms with E-state index in [1.165, 1.54) is 11.3 Å². The van der Waals surface area contributed by atoms with Gasteiger partial charge in [-0.25, -0.2) is 4.79 Å². The lowest BCUT2D eigenvalue weighted by molar-refractivity contribution is 0.0723. The first-order chi connectivity index (χ1) is 11.1. The van der Waals surface area contributed by atoms with E-state index in [9.17, 15) is 4.79 Å². The summed E-state index contributed by atoms with van der Waals surface area (Å²) < 4.78 is 9.91. The van der Waals surface area contributed by atoms with Crippen molar-refractivity contribution in [2.24, 2.45) is 0 Å². The highest BCUT2D eigenvalue weighted by Crippen LogP contribution is 2.28. The summed E-state index contributed by atoms with van der Waals surface area (Å²) in [7, 11) is 0. The largest absolute Gasteiger partial charge is 0.404 e. The second kappa shape index (κ2) is 7.41. The van der Waals surface area contributed by atoms with Crippen LogP contribution in [0.15, 0.2) is 53.9 Å². The molecule has 23 heavy (non-hydrogen) atoms. The Morgan fingerprint density at radius 1 is 1.04 bits per heavy atom. The molecular weight excluding hydrogens is 556 g/mol. The summed E-state index contributed by atoms with van der Waals surface area (Å²) in [4.78, 5) is 12.4. The standard InChI is InChI=1S/C16H9I2NO2S2/c17-11-6-2-1-5-10(11)15(20)21-14-9-23-16(22)19(14)13-8-4-3-7-12(13)18/h1-9H. The summed E-state index contributed by atoms with van der Waals surface area (Å²) >= 11 is 11.1. The molecule has 0 unspecified atom stereocenters. The van der Waals surface area contributed by atoms with Gasteiger partial charge in [0.2, 0.25) is 5.88 Å². The van der Waals surface area contributed by atoms with Crippen LogP contribution in [0.2, 0.25) is 0 Å². The van der Waals surface area contributed by atoms with Crippen molar-refractivity contribution in [2.75, 3.05) is 0 Å². The molecule has 3 nitrogen and oxygen atoms in total. The zero-order chi connectivity index (χ0) is 16.4. The molecule has 0 saturated carbocycles. The van der Waals surface area contributed by atoms with E-state index in [2.05, 4.69) is 45.2 Å². The fraction of sp³-hybridized carbons (Fsp3) is 0. The van der Waals surface area contributed by atoms with Gasteiger partial charge in [-0.3, -0.25) is 4.57 Å². The third kappa shape index (κ3) is 3.67. The molecule has 2 aromatic carbocycles. The van der Waals surface area contributed by atoms with Crippen molar-refractivity contribution in [3.63, 3.8) is 0 Å². The van der Waals surface area contributed by atoms with Gasteiger partial charge in [-0.1, -0.05) is 24.3 Å². The Morgan fingerprint density at radius 2 is 1.70 bits per heavy atom. The summed E-state index contributed by atoms with van der Waals surface area (Å²) in [6.07, 6.45) is 0. The molecule has 1 aromatic heterocycles. The molecule has 0 aliphatic carbocycles. The van der Waals surface area contributed by atoms with Gasteiger partial charge < -0.3 is 4.74 Å². The number of benzene rings is 2. The van der Waals surface area contributed by atoms with Gasteiger partial charge in [0.1, 0.15) is 0 Å². The lowest BCUT2D eigenvalue weighted by atomic mass is 10.2. The molecule has 7 heteroatoms. The van der Waals surface area contributed by atoms with E-state index >= 15 is 0 Å². The number of esters is 1. The first-order valence-corrected chi connectivity index (χ1v) is 9.94. The van der Waals surface area contributed by atoms with Gasteiger partial charge in [-0.15, -0.1) is 11.3 Å².